The Balaban J connectivity index is 0.000000252. The molecule has 0 spiro atoms. The van der Waals surface area contributed by atoms with Gasteiger partial charge in [0.1, 0.15) is 0 Å². The highest BCUT2D eigenvalue weighted by atomic mass is 32.3. The van der Waals surface area contributed by atoms with Gasteiger partial charge in [0.15, 0.2) is 0 Å². The SMILES string of the molecule is CCCCCC1CC1.O=S(=O)(O)O. The van der Waals surface area contributed by atoms with Gasteiger partial charge in [-0.15, -0.1) is 0 Å². The summed E-state index contributed by atoms with van der Waals surface area (Å²) in [5.41, 5.74) is 0. The van der Waals surface area contributed by atoms with Gasteiger partial charge in [0.2, 0.25) is 0 Å². The molecular weight excluding hydrogens is 192 g/mol. The standard InChI is InChI=1S/C8H16.H2O4S/c1-2-3-4-5-8-6-7-8;1-5(2,3)4/h8H,2-7H2,1H3;(H2,1,2,3,4). The van der Waals surface area contributed by atoms with E-state index in [0.717, 1.165) is 5.92 Å². The molecule has 0 aromatic rings. The molecule has 0 atom stereocenters. The molecule has 2 N–H and O–H groups in total. The molecule has 0 aromatic carbocycles. The van der Waals surface area contributed by atoms with Crippen LogP contribution in [0, 0.1) is 5.92 Å². The summed E-state index contributed by atoms with van der Waals surface area (Å²) in [5.74, 6) is 1.15. The van der Waals surface area contributed by atoms with Crippen molar-refractivity contribution in [3.63, 3.8) is 0 Å². The summed E-state index contributed by atoms with van der Waals surface area (Å²) in [6.07, 6.45) is 8.91. The van der Waals surface area contributed by atoms with E-state index in [1.165, 1.54) is 38.5 Å². The van der Waals surface area contributed by atoms with Crippen LogP contribution in [-0.4, -0.2) is 17.5 Å². The van der Waals surface area contributed by atoms with Crippen LogP contribution >= 0.6 is 0 Å². The van der Waals surface area contributed by atoms with E-state index < -0.39 is 10.4 Å². The maximum atomic E-state index is 8.74. The van der Waals surface area contributed by atoms with E-state index in [1.54, 1.807) is 0 Å². The predicted octanol–water partition coefficient (Wildman–Crippen LogP) is 2.32. The zero-order valence-electron chi connectivity index (χ0n) is 7.94. The maximum Gasteiger partial charge on any atom is 0.394 e. The molecule has 0 saturated heterocycles. The maximum absolute atomic E-state index is 8.74. The lowest BCUT2D eigenvalue weighted by Crippen LogP contribution is -1.89. The number of rotatable bonds is 4. The van der Waals surface area contributed by atoms with Gasteiger partial charge in [-0.3, -0.25) is 9.11 Å². The predicted molar refractivity (Wildman–Crippen MR) is 51.0 cm³/mol. The van der Waals surface area contributed by atoms with Crippen molar-refractivity contribution in [2.75, 3.05) is 0 Å². The molecule has 0 aliphatic heterocycles. The van der Waals surface area contributed by atoms with E-state index in [1.807, 2.05) is 0 Å². The lowest BCUT2D eigenvalue weighted by Gasteiger charge is -1.92. The molecule has 0 bridgehead atoms. The quantitative estimate of drug-likeness (QED) is 0.551. The van der Waals surface area contributed by atoms with Gasteiger partial charge in [-0.25, -0.2) is 0 Å². The lowest BCUT2D eigenvalue weighted by atomic mass is 10.1. The van der Waals surface area contributed by atoms with Gasteiger partial charge in [-0.2, -0.15) is 8.42 Å². The highest BCUT2D eigenvalue weighted by Crippen LogP contribution is 2.33. The largest absolute Gasteiger partial charge is 0.394 e. The Morgan fingerprint density at radius 1 is 1.23 bits per heavy atom. The Morgan fingerprint density at radius 3 is 2.00 bits per heavy atom. The molecule has 1 saturated carbocycles. The average molecular weight is 210 g/mol. The molecule has 0 unspecified atom stereocenters. The highest BCUT2D eigenvalue weighted by molar-refractivity contribution is 7.79. The molecule has 0 amide bonds. The summed E-state index contributed by atoms with van der Waals surface area (Å²) in [7, 11) is -4.67. The van der Waals surface area contributed by atoms with Gasteiger partial charge in [-0.1, -0.05) is 45.4 Å². The van der Waals surface area contributed by atoms with Crippen molar-refractivity contribution >= 4 is 10.4 Å². The Hall–Kier alpha value is -0.130. The fraction of sp³-hybridized carbons (Fsp3) is 1.00. The third-order valence-electron chi connectivity index (χ3n) is 1.91. The first-order valence-electron chi connectivity index (χ1n) is 4.63. The molecule has 1 fully saturated rings. The van der Waals surface area contributed by atoms with Crippen LogP contribution in [-0.2, 0) is 10.4 Å². The summed E-state index contributed by atoms with van der Waals surface area (Å²) in [6.45, 7) is 2.27. The molecule has 0 radical (unpaired) electrons. The molecule has 0 heterocycles. The molecule has 1 aliphatic carbocycles. The van der Waals surface area contributed by atoms with Crippen LogP contribution < -0.4 is 0 Å². The van der Waals surface area contributed by atoms with Crippen LogP contribution in [0.25, 0.3) is 0 Å². The third-order valence-corrected chi connectivity index (χ3v) is 1.91. The van der Waals surface area contributed by atoms with E-state index in [4.69, 9.17) is 17.5 Å². The molecule has 1 rings (SSSR count). The van der Waals surface area contributed by atoms with Crippen molar-refractivity contribution < 1.29 is 17.5 Å². The fourth-order valence-electron chi connectivity index (χ4n) is 1.09. The van der Waals surface area contributed by atoms with Gasteiger partial charge < -0.3 is 0 Å². The monoisotopic (exact) mass is 210 g/mol. The molecule has 1 aliphatic rings. The van der Waals surface area contributed by atoms with Gasteiger partial charge in [0.25, 0.3) is 0 Å². The zero-order valence-corrected chi connectivity index (χ0v) is 8.76. The van der Waals surface area contributed by atoms with Crippen LogP contribution in [0.2, 0.25) is 0 Å². The average Bonchev–Trinajstić information content (AvgIpc) is 2.68. The second-order valence-corrected chi connectivity index (χ2v) is 4.28. The normalized spacial score (nSPS) is 16.2. The summed E-state index contributed by atoms with van der Waals surface area (Å²) >= 11 is 0. The minimum absolute atomic E-state index is 1.15. The van der Waals surface area contributed by atoms with Gasteiger partial charge >= 0.3 is 10.4 Å². The second-order valence-electron chi connectivity index (χ2n) is 3.39. The minimum atomic E-state index is -4.67. The zero-order chi connectivity index (χ0) is 10.3. The van der Waals surface area contributed by atoms with E-state index >= 15 is 0 Å². The third kappa shape index (κ3) is 18.7. The fourth-order valence-corrected chi connectivity index (χ4v) is 1.09. The molecule has 5 heteroatoms. The van der Waals surface area contributed by atoms with Crippen molar-refractivity contribution in [3.8, 4) is 0 Å². The van der Waals surface area contributed by atoms with E-state index in [2.05, 4.69) is 6.92 Å². The molecular formula is C8H18O4S. The van der Waals surface area contributed by atoms with Crippen LogP contribution in [0.4, 0.5) is 0 Å². The molecule has 13 heavy (non-hydrogen) atoms. The number of hydrogen-bond donors (Lipinski definition) is 2. The van der Waals surface area contributed by atoms with Crippen molar-refractivity contribution in [2.24, 2.45) is 5.92 Å². The number of unbranched alkanes of at least 4 members (excludes halogenated alkanes) is 2. The van der Waals surface area contributed by atoms with Crippen LogP contribution in [0.1, 0.15) is 45.4 Å². The first kappa shape index (κ1) is 12.9. The summed E-state index contributed by atoms with van der Waals surface area (Å²) in [4.78, 5) is 0. The van der Waals surface area contributed by atoms with Crippen LogP contribution in [0.3, 0.4) is 0 Å². The van der Waals surface area contributed by atoms with Gasteiger partial charge in [0.05, 0.1) is 0 Å². The van der Waals surface area contributed by atoms with Crippen LogP contribution in [0.5, 0.6) is 0 Å². The summed E-state index contributed by atoms with van der Waals surface area (Å²) < 4.78 is 31.6. The van der Waals surface area contributed by atoms with Crippen molar-refractivity contribution in [3.05, 3.63) is 0 Å². The lowest BCUT2D eigenvalue weighted by molar-refractivity contribution is 0.381. The van der Waals surface area contributed by atoms with Crippen molar-refractivity contribution in [1.82, 2.24) is 0 Å². The minimum Gasteiger partial charge on any atom is -0.264 e. The first-order valence-corrected chi connectivity index (χ1v) is 6.03. The molecule has 0 aromatic heterocycles. The summed E-state index contributed by atoms with van der Waals surface area (Å²) in [5, 5.41) is 0. The van der Waals surface area contributed by atoms with E-state index in [0.29, 0.717) is 0 Å². The Labute approximate surface area is 79.9 Å². The smallest absolute Gasteiger partial charge is 0.264 e. The number of hydrogen-bond acceptors (Lipinski definition) is 2. The first-order chi connectivity index (χ1) is 5.93. The Morgan fingerprint density at radius 2 is 1.69 bits per heavy atom. The van der Waals surface area contributed by atoms with Gasteiger partial charge in [0, 0.05) is 0 Å². The highest BCUT2D eigenvalue weighted by Gasteiger charge is 2.19. The van der Waals surface area contributed by atoms with Crippen molar-refractivity contribution in [1.29, 1.82) is 0 Å². The van der Waals surface area contributed by atoms with Crippen molar-refractivity contribution in [2.45, 2.75) is 45.4 Å². The van der Waals surface area contributed by atoms with Crippen LogP contribution in [0.15, 0.2) is 0 Å². The second kappa shape index (κ2) is 6.34. The topological polar surface area (TPSA) is 74.6 Å². The Bertz CT molecular complexity index is 198. The van der Waals surface area contributed by atoms with E-state index in [-0.39, 0.29) is 0 Å². The van der Waals surface area contributed by atoms with Gasteiger partial charge in [-0.05, 0) is 5.92 Å². The summed E-state index contributed by atoms with van der Waals surface area (Å²) in [6, 6.07) is 0. The van der Waals surface area contributed by atoms with E-state index in [9.17, 15) is 0 Å². The molecule has 4 nitrogen and oxygen atoms in total. The Kier molecular flexibility index (Phi) is 6.28. The molecule has 80 valence electrons.